The summed E-state index contributed by atoms with van der Waals surface area (Å²) < 4.78 is 0. The van der Waals surface area contributed by atoms with E-state index in [-0.39, 0.29) is 23.8 Å². The van der Waals surface area contributed by atoms with E-state index in [9.17, 15) is 9.90 Å². The zero-order valence-corrected chi connectivity index (χ0v) is 12.3. The molecule has 0 saturated carbocycles. The summed E-state index contributed by atoms with van der Waals surface area (Å²) >= 11 is 1.46. The van der Waals surface area contributed by atoms with Gasteiger partial charge in [-0.15, -0.1) is 11.3 Å². The van der Waals surface area contributed by atoms with Gasteiger partial charge in [0.25, 0.3) is 5.91 Å². The number of thiophene rings is 1. The number of phenolic OH excluding ortho intramolecular Hbond substituents is 1. The first-order valence-corrected chi connectivity index (χ1v) is 7.18. The van der Waals surface area contributed by atoms with E-state index in [1.807, 2.05) is 12.1 Å². The van der Waals surface area contributed by atoms with Crippen molar-refractivity contribution in [1.82, 2.24) is 5.32 Å². The molecule has 0 radical (unpaired) electrons. The molecule has 1 heterocycles. The van der Waals surface area contributed by atoms with Crippen molar-refractivity contribution in [3.63, 3.8) is 0 Å². The first kappa shape index (κ1) is 15.1. The molecule has 0 spiro atoms. The van der Waals surface area contributed by atoms with Crippen molar-refractivity contribution in [2.45, 2.75) is 13.5 Å². The van der Waals surface area contributed by atoms with Gasteiger partial charge >= 0.3 is 0 Å². The van der Waals surface area contributed by atoms with Gasteiger partial charge < -0.3 is 15.5 Å². The molecule has 0 saturated heterocycles. The van der Waals surface area contributed by atoms with Crippen molar-refractivity contribution in [2.24, 2.45) is 0 Å². The number of carbonyl (C=O) groups is 1. The molecule has 0 aliphatic heterocycles. The molecular weight excluding hydrogens is 286 g/mol. The van der Waals surface area contributed by atoms with Crippen molar-refractivity contribution in [1.29, 1.82) is 0 Å². The van der Waals surface area contributed by atoms with Crippen LogP contribution in [0, 0.1) is 18.8 Å². The Morgan fingerprint density at radius 1 is 1.33 bits per heavy atom. The Kier molecular flexibility index (Phi) is 4.99. The van der Waals surface area contributed by atoms with Crippen molar-refractivity contribution >= 4 is 17.2 Å². The van der Waals surface area contributed by atoms with E-state index in [0.29, 0.717) is 12.1 Å². The Balaban J connectivity index is 2.01. The minimum atomic E-state index is -0.312. The van der Waals surface area contributed by atoms with Gasteiger partial charge in [0.2, 0.25) is 0 Å². The van der Waals surface area contributed by atoms with Gasteiger partial charge in [-0.05, 0) is 30.7 Å². The van der Waals surface area contributed by atoms with Crippen LogP contribution in [0.4, 0.5) is 0 Å². The predicted octanol–water partition coefficient (Wildman–Crippen LogP) is 2.04. The lowest BCUT2D eigenvalue weighted by atomic mass is 10.1. The van der Waals surface area contributed by atoms with Crippen LogP contribution in [0.3, 0.4) is 0 Å². The van der Waals surface area contributed by atoms with E-state index < -0.39 is 0 Å². The number of phenols is 1. The maximum atomic E-state index is 12.0. The molecule has 0 atom stereocenters. The molecule has 2 aromatic rings. The molecule has 0 unspecified atom stereocenters. The Morgan fingerprint density at radius 3 is 2.90 bits per heavy atom. The van der Waals surface area contributed by atoms with Gasteiger partial charge in [-0.1, -0.05) is 24.0 Å². The van der Waals surface area contributed by atoms with E-state index >= 15 is 0 Å². The van der Waals surface area contributed by atoms with Gasteiger partial charge in [-0.2, -0.15) is 0 Å². The van der Waals surface area contributed by atoms with E-state index in [4.69, 9.17) is 5.11 Å². The third-order valence-electron chi connectivity index (χ3n) is 2.86. The maximum absolute atomic E-state index is 12.0. The number of hydrogen-bond acceptors (Lipinski definition) is 4. The molecule has 5 heteroatoms. The SMILES string of the molecule is Cc1cccc(C(=O)NCc2ccc(C#CCO)s2)c1O. The molecule has 21 heavy (non-hydrogen) atoms. The van der Waals surface area contributed by atoms with Crippen molar-refractivity contribution < 1.29 is 15.0 Å². The van der Waals surface area contributed by atoms with Crippen LogP contribution in [0.15, 0.2) is 30.3 Å². The summed E-state index contributed by atoms with van der Waals surface area (Å²) in [6, 6.07) is 8.79. The van der Waals surface area contributed by atoms with Crippen LogP contribution in [0.2, 0.25) is 0 Å². The zero-order valence-electron chi connectivity index (χ0n) is 11.5. The summed E-state index contributed by atoms with van der Waals surface area (Å²) in [5, 5.41) is 21.3. The normalized spacial score (nSPS) is 9.81. The van der Waals surface area contributed by atoms with Crippen molar-refractivity contribution in [2.75, 3.05) is 6.61 Å². The highest BCUT2D eigenvalue weighted by atomic mass is 32.1. The fraction of sp³-hybridized carbons (Fsp3) is 0.188. The Hall–Kier alpha value is -2.29. The number of carbonyl (C=O) groups excluding carboxylic acids is 1. The second-order valence-corrected chi connectivity index (χ2v) is 5.55. The van der Waals surface area contributed by atoms with Gasteiger partial charge in [-0.25, -0.2) is 0 Å². The molecule has 0 bridgehead atoms. The molecule has 4 nitrogen and oxygen atoms in total. The fourth-order valence-corrected chi connectivity index (χ4v) is 2.59. The monoisotopic (exact) mass is 301 g/mol. The lowest BCUT2D eigenvalue weighted by Gasteiger charge is -2.07. The lowest BCUT2D eigenvalue weighted by Crippen LogP contribution is -2.22. The molecule has 0 fully saturated rings. The van der Waals surface area contributed by atoms with Crippen LogP contribution < -0.4 is 5.32 Å². The predicted molar refractivity (Wildman–Crippen MR) is 82.3 cm³/mol. The first-order valence-electron chi connectivity index (χ1n) is 6.37. The summed E-state index contributed by atoms with van der Waals surface area (Å²) in [7, 11) is 0. The van der Waals surface area contributed by atoms with Crippen molar-refractivity contribution in [3.05, 3.63) is 51.2 Å². The molecule has 1 aromatic heterocycles. The smallest absolute Gasteiger partial charge is 0.255 e. The van der Waals surface area contributed by atoms with Crippen LogP contribution in [0.25, 0.3) is 0 Å². The average Bonchev–Trinajstić information content (AvgIpc) is 2.93. The highest BCUT2D eigenvalue weighted by Crippen LogP contribution is 2.21. The van der Waals surface area contributed by atoms with Crippen LogP contribution >= 0.6 is 11.3 Å². The molecule has 1 aromatic carbocycles. The van der Waals surface area contributed by atoms with E-state index in [2.05, 4.69) is 17.2 Å². The van der Waals surface area contributed by atoms with E-state index in [1.165, 1.54) is 11.3 Å². The Labute approximate surface area is 127 Å². The molecule has 3 N–H and O–H groups in total. The number of rotatable bonds is 3. The first-order chi connectivity index (χ1) is 10.1. The molecule has 108 valence electrons. The number of aromatic hydroxyl groups is 1. The number of benzene rings is 1. The number of amides is 1. The summed E-state index contributed by atoms with van der Waals surface area (Å²) in [5.74, 6) is 5.09. The van der Waals surface area contributed by atoms with Gasteiger partial charge in [-0.3, -0.25) is 4.79 Å². The zero-order chi connectivity index (χ0) is 15.2. The molecule has 1 amide bonds. The molecule has 0 aliphatic rings. The number of hydrogen-bond donors (Lipinski definition) is 3. The fourth-order valence-electron chi connectivity index (χ4n) is 1.77. The van der Waals surface area contributed by atoms with Gasteiger partial charge in [0.15, 0.2) is 0 Å². The van der Waals surface area contributed by atoms with Gasteiger partial charge in [0.1, 0.15) is 12.4 Å². The minimum Gasteiger partial charge on any atom is -0.507 e. The Bertz CT molecular complexity index is 710. The standard InChI is InChI=1S/C16H15NO3S/c1-11-4-2-6-14(15(11)19)16(20)17-10-13-8-7-12(21-13)5-3-9-18/h2,4,6-8,18-19H,9-10H2,1H3,(H,17,20). The Morgan fingerprint density at radius 2 is 2.14 bits per heavy atom. The average molecular weight is 301 g/mol. The molecular formula is C16H15NO3S. The summed E-state index contributed by atoms with van der Waals surface area (Å²) in [6.45, 7) is 1.95. The van der Waals surface area contributed by atoms with E-state index in [0.717, 1.165) is 9.75 Å². The third-order valence-corrected chi connectivity index (χ3v) is 3.86. The highest BCUT2D eigenvalue weighted by molar-refractivity contribution is 7.12. The van der Waals surface area contributed by atoms with Gasteiger partial charge in [0.05, 0.1) is 17.0 Å². The van der Waals surface area contributed by atoms with Crippen LogP contribution in [0.5, 0.6) is 5.75 Å². The third kappa shape index (κ3) is 3.85. The van der Waals surface area contributed by atoms with Gasteiger partial charge in [0, 0.05) is 4.88 Å². The van der Waals surface area contributed by atoms with Crippen LogP contribution in [0.1, 0.15) is 25.7 Å². The summed E-state index contributed by atoms with van der Waals surface area (Å²) in [6.07, 6.45) is 0. The topological polar surface area (TPSA) is 69.6 Å². The second-order valence-electron chi connectivity index (χ2n) is 4.38. The minimum absolute atomic E-state index is 0.00989. The van der Waals surface area contributed by atoms with Crippen molar-refractivity contribution in [3.8, 4) is 17.6 Å². The largest absolute Gasteiger partial charge is 0.507 e. The molecule has 0 aliphatic carbocycles. The summed E-state index contributed by atoms with van der Waals surface area (Å²) in [4.78, 5) is 13.8. The number of aliphatic hydroxyl groups is 1. The number of aliphatic hydroxyl groups excluding tert-OH is 1. The molecule has 2 rings (SSSR count). The summed E-state index contributed by atoms with van der Waals surface area (Å²) in [5.41, 5.74) is 0.937. The van der Waals surface area contributed by atoms with E-state index in [1.54, 1.807) is 25.1 Å². The number of aryl methyl sites for hydroxylation is 1. The quantitative estimate of drug-likeness (QED) is 0.760. The highest BCUT2D eigenvalue weighted by Gasteiger charge is 2.12. The number of para-hydroxylation sites is 1. The second kappa shape index (κ2) is 6.93. The van der Waals surface area contributed by atoms with Crippen LogP contribution in [-0.4, -0.2) is 22.7 Å². The lowest BCUT2D eigenvalue weighted by molar-refractivity contribution is 0.0948. The number of nitrogens with one attached hydrogen (secondary N) is 1. The maximum Gasteiger partial charge on any atom is 0.255 e. The van der Waals surface area contributed by atoms with Crippen LogP contribution in [-0.2, 0) is 6.54 Å².